The highest BCUT2D eigenvalue weighted by molar-refractivity contribution is 7.99. The lowest BCUT2D eigenvalue weighted by molar-refractivity contribution is -0.118. The molecule has 128 valence electrons. The normalized spacial score (nSPS) is 11.3. The minimum Gasteiger partial charge on any atom is -0.333 e. The summed E-state index contributed by atoms with van der Waals surface area (Å²) in [6, 6.07) is 10.9. The Bertz CT molecular complexity index is 925. The van der Waals surface area contributed by atoms with Gasteiger partial charge in [-0.25, -0.2) is 10.4 Å². The number of amides is 1. The predicted octanol–water partition coefficient (Wildman–Crippen LogP) is 4.77. The Kier molecular flexibility index (Phi) is 5.86. The van der Waals surface area contributed by atoms with Gasteiger partial charge in [-0.3, -0.25) is 4.79 Å². The number of fused-ring (bicyclic) bond motifs is 1. The summed E-state index contributed by atoms with van der Waals surface area (Å²) < 4.78 is 0. The summed E-state index contributed by atoms with van der Waals surface area (Å²) >= 11 is 19.3. The quantitative estimate of drug-likeness (QED) is 0.274. The molecule has 0 bridgehead atoms. The molecule has 0 unspecified atom stereocenters. The van der Waals surface area contributed by atoms with E-state index in [4.69, 9.17) is 34.8 Å². The summed E-state index contributed by atoms with van der Waals surface area (Å²) in [6.07, 6.45) is 1.36. The Morgan fingerprint density at radius 3 is 2.76 bits per heavy atom. The number of benzene rings is 2. The number of thioether (sulfide) groups is 1. The molecule has 1 amide bonds. The van der Waals surface area contributed by atoms with E-state index in [2.05, 4.69) is 20.5 Å². The van der Waals surface area contributed by atoms with Crippen LogP contribution < -0.4 is 5.43 Å². The van der Waals surface area contributed by atoms with Crippen LogP contribution in [0.4, 0.5) is 0 Å². The molecule has 25 heavy (non-hydrogen) atoms. The van der Waals surface area contributed by atoms with E-state index in [0.29, 0.717) is 20.8 Å². The van der Waals surface area contributed by atoms with Crippen LogP contribution in [0, 0.1) is 0 Å². The molecule has 2 aromatic carbocycles. The van der Waals surface area contributed by atoms with Crippen molar-refractivity contribution in [1.29, 1.82) is 0 Å². The molecular weight excluding hydrogens is 403 g/mol. The molecular formula is C16H11Cl3N4OS. The van der Waals surface area contributed by atoms with Gasteiger partial charge in [-0.2, -0.15) is 5.10 Å². The fourth-order valence-electron chi connectivity index (χ4n) is 1.99. The fraction of sp³-hybridized carbons (Fsp3) is 0.0625. The van der Waals surface area contributed by atoms with Gasteiger partial charge >= 0.3 is 0 Å². The fourth-order valence-corrected chi connectivity index (χ4v) is 3.30. The summed E-state index contributed by atoms with van der Waals surface area (Å²) in [7, 11) is 0. The van der Waals surface area contributed by atoms with Crippen LogP contribution >= 0.6 is 46.6 Å². The molecule has 0 saturated carbocycles. The number of nitrogens with one attached hydrogen (secondary N) is 2. The van der Waals surface area contributed by atoms with E-state index in [1.165, 1.54) is 18.0 Å². The number of carbonyl (C=O) groups excluding carboxylic acids is 1. The molecule has 0 aliphatic rings. The lowest BCUT2D eigenvalue weighted by atomic mass is 10.2. The Balaban J connectivity index is 1.57. The third-order valence-corrected chi connectivity index (χ3v) is 5.19. The number of H-pyrrole nitrogens is 1. The maximum atomic E-state index is 11.9. The smallest absolute Gasteiger partial charge is 0.250 e. The minimum absolute atomic E-state index is 0.161. The zero-order valence-corrected chi connectivity index (χ0v) is 15.7. The molecule has 3 aromatic rings. The highest BCUT2D eigenvalue weighted by atomic mass is 35.5. The molecule has 5 nitrogen and oxygen atoms in total. The van der Waals surface area contributed by atoms with Crippen LogP contribution in [0.1, 0.15) is 5.56 Å². The van der Waals surface area contributed by atoms with Gasteiger partial charge in [0.2, 0.25) is 0 Å². The van der Waals surface area contributed by atoms with Gasteiger partial charge in [-0.1, -0.05) is 58.7 Å². The number of aromatic amines is 1. The van der Waals surface area contributed by atoms with Crippen molar-refractivity contribution in [2.75, 3.05) is 5.75 Å². The number of imidazole rings is 1. The van der Waals surface area contributed by atoms with Crippen molar-refractivity contribution in [2.24, 2.45) is 5.10 Å². The highest BCUT2D eigenvalue weighted by Gasteiger charge is 2.09. The van der Waals surface area contributed by atoms with Crippen molar-refractivity contribution < 1.29 is 4.79 Å². The summed E-state index contributed by atoms with van der Waals surface area (Å²) in [4.78, 5) is 19.4. The molecule has 1 heterocycles. The molecule has 0 aliphatic carbocycles. The number of hydrogen-bond acceptors (Lipinski definition) is 4. The number of halogens is 3. The first-order chi connectivity index (χ1) is 12.0. The standard InChI is InChI=1S/C16H11Cl3N4OS/c17-10-5-6-11(18)15(19)9(10)7-20-23-14(24)8-25-16-21-12-3-1-2-4-13(12)22-16/h1-7H,8H2,(H,21,22)(H,23,24)/b20-7+. The first-order valence-corrected chi connectivity index (χ1v) is 9.19. The molecule has 1 aromatic heterocycles. The van der Waals surface area contributed by atoms with Crippen molar-refractivity contribution in [3.05, 3.63) is 57.0 Å². The van der Waals surface area contributed by atoms with Crippen LogP contribution in [-0.4, -0.2) is 27.8 Å². The van der Waals surface area contributed by atoms with Gasteiger partial charge in [0.1, 0.15) is 0 Å². The third-order valence-electron chi connectivity index (χ3n) is 3.17. The van der Waals surface area contributed by atoms with Crippen molar-refractivity contribution in [2.45, 2.75) is 5.16 Å². The summed E-state index contributed by atoms with van der Waals surface area (Å²) in [5.41, 5.74) is 4.64. The lowest BCUT2D eigenvalue weighted by Crippen LogP contribution is -2.19. The van der Waals surface area contributed by atoms with Crippen LogP contribution in [0.3, 0.4) is 0 Å². The monoisotopic (exact) mass is 412 g/mol. The maximum Gasteiger partial charge on any atom is 0.250 e. The molecule has 0 atom stereocenters. The number of aromatic nitrogens is 2. The van der Waals surface area contributed by atoms with E-state index in [1.807, 2.05) is 24.3 Å². The van der Waals surface area contributed by atoms with E-state index in [1.54, 1.807) is 12.1 Å². The Morgan fingerprint density at radius 1 is 1.20 bits per heavy atom. The summed E-state index contributed by atoms with van der Waals surface area (Å²) in [6.45, 7) is 0. The first-order valence-electron chi connectivity index (χ1n) is 7.07. The molecule has 0 spiro atoms. The number of carbonyl (C=O) groups is 1. The second-order valence-electron chi connectivity index (χ2n) is 4.90. The summed E-state index contributed by atoms with van der Waals surface area (Å²) in [5, 5.41) is 5.57. The van der Waals surface area contributed by atoms with Gasteiger partial charge in [0, 0.05) is 5.56 Å². The van der Waals surface area contributed by atoms with Crippen LogP contribution in [0.25, 0.3) is 11.0 Å². The molecule has 3 rings (SSSR count). The Morgan fingerprint density at radius 2 is 1.96 bits per heavy atom. The number of hydrogen-bond donors (Lipinski definition) is 2. The topological polar surface area (TPSA) is 70.1 Å². The van der Waals surface area contributed by atoms with Gasteiger partial charge in [0.15, 0.2) is 5.16 Å². The molecule has 0 radical (unpaired) electrons. The van der Waals surface area contributed by atoms with E-state index < -0.39 is 0 Å². The SMILES string of the molecule is O=C(CSc1nc2ccccc2[nH]1)N/N=C/c1c(Cl)ccc(Cl)c1Cl. The van der Waals surface area contributed by atoms with Crippen molar-refractivity contribution in [1.82, 2.24) is 15.4 Å². The van der Waals surface area contributed by atoms with Gasteiger partial charge in [-0.15, -0.1) is 0 Å². The second-order valence-corrected chi connectivity index (χ2v) is 7.05. The summed E-state index contributed by atoms with van der Waals surface area (Å²) in [5.74, 6) is -0.121. The lowest BCUT2D eigenvalue weighted by Gasteiger charge is -2.03. The van der Waals surface area contributed by atoms with Gasteiger partial charge in [0.25, 0.3) is 5.91 Å². The number of hydrazone groups is 1. The average Bonchev–Trinajstić information content (AvgIpc) is 3.02. The van der Waals surface area contributed by atoms with Gasteiger partial charge < -0.3 is 4.98 Å². The van der Waals surface area contributed by atoms with Crippen molar-refractivity contribution >= 4 is 69.7 Å². The molecule has 0 fully saturated rings. The van der Waals surface area contributed by atoms with Gasteiger partial charge in [-0.05, 0) is 24.3 Å². The van der Waals surface area contributed by atoms with E-state index in [0.717, 1.165) is 11.0 Å². The van der Waals surface area contributed by atoms with E-state index in [-0.39, 0.29) is 16.7 Å². The second kappa shape index (κ2) is 8.10. The van der Waals surface area contributed by atoms with Crippen LogP contribution in [0.15, 0.2) is 46.7 Å². The molecule has 0 aliphatic heterocycles. The van der Waals surface area contributed by atoms with E-state index >= 15 is 0 Å². The minimum atomic E-state index is -0.282. The zero-order chi connectivity index (χ0) is 17.8. The van der Waals surface area contributed by atoms with Crippen molar-refractivity contribution in [3.63, 3.8) is 0 Å². The number of rotatable bonds is 5. The van der Waals surface area contributed by atoms with Crippen LogP contribution in [0.5, 0.6) is 0 Å². The number of nitrogens with zero attached hydrogens (tertiary/aromatic N) is 2. The third kappa shape index (κ3) is 4.46. The average molecular weight is 414 g/mol. The van der Waals surface area contributed by atoms with Crippen molar-refractivity contribution in [3.8, 4) is 0 Å². The van der Waals surface area contributed by atoms with Gasteiger partial charge in [0.05, 0.1) is 38.1 Å². The molecule has 9 heteroatoms. The maximum absolute atomic E-state index is 11.9. The first kappa shape index (κ1) is 18.1. The molecule has 0 saturated heterocycles. The largest absolute Gasteiger partial charge is 0.333 e. The van der Waals surface area contributed by atoms with Crippen LogP contribution in [0.2, 0.25) is 15.1 Å². The zero-order valence-electron chi connectivity index (χ0n) is 12.6. The number of para-hydroxylation sites is 2. The van der Waals surface area contributed by atoms with E-state index in [9.17, 15) is 4.79 Å². The van der Waals surface area contributed by atoms with Crippen LogP contribution in [-0.2, 0) is 4.79 Å². The molecule has 2 N–H and O–H groups in total. The predicted molar refractivity (Wildman–Crippen MR) is 104 cm³/mol. The highest BCUT2D eigenvalue weighted by Crippen LogP contribution is 2.29. The Hall–Kier alpha value is -1.73. The Labute approximate surface area is 162 Å².